The van der Waals surface area contributed by atoms with Crippen molar-refractivity contribution >= 4 is 5.97 Å². The topological polar surface area (TPSA) is 46.5 Å². The fourth-order valence-electron chi connectivity index (χ4n) is 2.61. The molecule has 0 radical (unpaired) electrons. The Balaban J connectivity index is 3.12. The highest BCUT2D eigenvalue weighted by Gasteiger charge is 2.07. The average molecular weight is 315 g/mol. The van der Waals surface area contributed by atoms with Gasteiger partial charge in [0.05, 0.1) is 6.61 Å². The van der Waals surface area contributed by atoms with Crippen molar-refractivity contribution in [2.45, 2.75) is 110 Å². The highest BCUT2D eigenvalue weighted by atomic mass is 16.5. The molecule has 3 heteroatoms. The van der Waals surface area contributed by atoms with Gasteiger partial charge < -0.3 is 9.84 Å². The SMILES string of the molecule is CCCCCCCCCCCCCCCC(=O)OC(C)CO. The molecule has 132 valence electrons. The monoisotopic (exact) mass is 314 g/mol. The van der Waals surface area contributed by atoms with Gasteiger partial charge >= 0.3 is 5.97 Å². The number of hydrogen-bond donors (Lipinski definition) is 1. The van der Waals surface area contributed by atoms with E-state index in [1.165, 1.54) is 70.6 Å². The number of ether oxygens (including phenoxy) is 1. The van der Waals surface area contributed by atoms with E-state index in [2.05, 4.69) is 6.92 Å². The number of carbonyl (C=O) groups is 1. The third-order valence-corrected chi connectivity index (χ3v) is 4.07. The molecule has 0 aliphatic carbocycles. The molecule has 0 saturated carbocycles. The van der Waals surface area contributed by atoms with Crippen molar-refractivity contribution in [2.75, 3.05) is 6.61 Å². The smallest absolute Gasteiger partial charge is 0.306 e. The van der Waals surface area contributed by atoms with Crippen molar-refractivity contribution in [2.24, 2.45) is 0 Å². The molecule has 0 heterocycles. The fourth-order valence-corrected chi connectivity index (χ4v) is 2.61. The summed E-state index contributed by atoms with van der Waals surface area (Å²) in [5.74, 6) is -0.176. The maximum Gasteiger partial charge on any atom is 0.306 e. The van der Waals surface area contributed by atoms with E-state index in [-0.39, 0.29) is 18.7 Å². The molecule has 0 aromatic carbocycles. The second-order valence-corrected chi connectivity index (χ2v) is 6.48. The first-order valence-electron chi connectivity index (χ1n) is 9.51. The van der Waals surface area contributed by atoms with E-state index >= 15 is 0 Å². The molecule has 0 aromatic heterocycles. The first-order valence-corrected chi connectivity index (χ1v) is 9.51. The first kappa shape index (κ1) is 21.4. The van der Waals surface area contributed by atoms with Crippen LogP contribution >= 0.6 is 0 Å². The Morgan fingerprint density at radius 2 is 1.23 bits per heavy atom. The summed E-state index contributed by atoms with van der Waals surface area (Å²) in [6.07, 6.45) is 17.1. The quantitative estimate of drug-likeness (QED) is 0.307. The Hall–Kier alpha value is -0.570. The van der Waals surface area contributed by atoms with E-state index in [0.717, 1.165) is 12.8 Å². The maximum absolute atomic E-state index is 11.4. The first-order chi connectivity index (χ1) is 10.7. The Morgan fingerprint density at radius 3 is 1.64 bits per heavy atom. The average Bonchev–Trinajstić information content (AvgIpc) is 2.51. The highest BCUT2D eigenvalue weighted by molar-refractivity contribution is 5.69. The van der Waals surface area contributed by atoms with Gasteiger partial charge in [0.15, 0.2) is 0 Å². The largest absolute Gasteiger partial charge is 0.460 e. The molecule has 0 spiro atoms. The van der Waals surface area contributed by atoms with E-state index in [9.17, 15) is 4.79 Å². The summed E-state index contributed by atoms with van der Waals surface area (Å²) in [4.78, 5) is 11.4. The number of rotatable bonds is 16. The molecule has 0 saturated heterocycles. The van der Waals surface area contributed by atoms with Crippen molar-refractivity contribution in [1.29, 1.82) is 0 Å². The third-order valence-electron chi connectivity index (χ3n) is 4.07. The van der Waals surface area contributed by atoms with Crippen LogP contribution in [0.2, 0.25) is 0 Å². The zero-order valence-electron chi connectivity index (χ0n) is 14.9. The van der Waals surface area contributed by atoms with E-state index in [4.69, 9.17) is 9.84 Å². The number of aliphatic hydroxyl groups is 1. The number of unbranched alkanes of at least 4 members (excludes halogenated alkanes) is 12. The molecule has 1 N–H and O–H groups in total. The lowest BCUT2D eigenvalue weighted by atomic mass is 10.0. The lowest BCUT2D eigenvalue weighted by Crippen LogP contribution is -2.18. The summed E-state index contributed by atoms with van der Waals surface area (Å²) >= 11 is 0. The molecule has 22 heavy (non-hydrogen) atoms. The molecule has 0 aliphatic heterocycles. The number of hydrogen-bond acceptors (Lipinski definition) is 3. The van der Waals surface area contributed by atoms with Gasteiger partial charge in [0.25, 0.3) is 0 Å². The number of aliphatic hydroxyl groups excluding tert-OH is 1. The standard InChI is InChI=1S/C19H38O3/c1-3-4-5-6-7-8-9-10-11-12-13-14-15-16-19(21)22-18(2)17-20/h18,20H,3-17H2,1-2H3. The second-order valence-electron chi connectivity index (χ2n) is 6.48. The molecule has 1 atom stereocenters. The lowest BCUT2D eigenvalue weighted by Gasteiger charge is -2.09. The number of esters is 1. The third kappa shape index (κ3) is 15.8. The maximum atomic E-state index is 11.4. The van der Waals surface area contributed by atoms with Gasteiger partial charge in [-0.1, -0.05) is 84.0 Å². The minimum atomic E-state index is -0.366. The van der Waals surface area contributed by atoms with Crippen LogP contribution in [0.1, 0.15) is 104 Å². The predicted molar refractivity (Wildman–Crippen MR) is 93.0 cm³/mol. The normalized spacial score (nSPS) is 12.3. The summed E-state index contributed by atoms with van der Waals surface area (Å²) in [5, 5.41) is 8.79. The zero-order chi connectivity index (χ0) is 16.5. The van der Waals surface area contributed by atoms with Crippen LogP contribution in [0.5, 0.6) is 0 Å². The minimum absolute atomic E-state index is 0.0929. The Bertz CT molecular complexity index is 241. The Kier molecular flexibility index (Phi) is 16.4. The van der Waals surface area contributed by atoms with Crippen molar-refractivity contribution in [3.63, 3.8) is 0 Å². The summed E-state index contributed by atoms with van der Waals surface area (Å²) < 4.78 is 5.02. The van der Waals surface area contributed by atoms with Crippen molar-refractivity contribution in [3.8, 4) is 0 Å². The van der Waals surface area contributed by atoms with Crippen LogP contribution < -0.4 is 0 Å². The van der Waals surface area contributed by atoms with Gasteiger partial charge in [-0.15, -0.1) is 0 Å². The van der Waals surface area contributed by atoms with Crippen molar-refractivity contribution in [1.82, 2.24) is 0 Å². The van der Waals surface area contributed by atoms with Crippen LogP contribution in [0.4, 0.5) is 0 Å². The van der Waals surface area contributed by atoms with Crippen LogP contribution in [-0.4, -0.2) is 23.8 Å². The van der Waals surface area contributed by atoms with Crippen LogP contribution in [0.15, 0.2) is 0 Å². The van der Waals surface area contributed by atoms with E-state index < -0.39 is 0 Å². The Morgan fingerprint density at radius 1 is 0.818 bits per heavy atom. The van der Waals surface area contributed by atoms with Gasteiger partial charge in [0, 0.05) is 6.42 Å². The predicted octanol–water partition coefficient (Wildman–Crippen LogP) is 5.39. The van der Waals surface area contributed by atoms with Crippen LogP contribution in [0.3, 0.4) is 0 Å². The van der Waals surface area contributed by atoms with E-state index in [0.29, 0.717) is 6.42 Å². The molecule has 0 aromatic rings. The molecular weight excluding hydrogens is 276 g/mol. The van der Waals surface area contributed by atoms with Crippen LogP contribution in [0, 0.1) is 0 Å². The molecular formula is C19H38O3. The molecule has 0 rings (SSSR count). The molecule has 0 fully saturated rings. The summed E-state index contributed by atoms with van der Waals surface area (Å²) in [7, 11) is 0. The van der Waals surface area contributed by atoms with Gasteiger partial charge in [-0.3, -0.25) is 4.79 Å². The molecule has 0 bridgehead atoms. The molecule has 1 unspecified atom stereocenters. The number of carbonyl (C=O) groups excluding carboxylic acids is 1. The Labute approximate surface area is 137 Å². The second kappa shape index (κ2) is 16.8. The van der Waals surface area contributed by atoms with Crippen LogP contribution in [-0.2, 0) is 9.53 Å². The molecule has 3 nitrogen and oxygen atoms in total. The van der Waals surface area contributed by atoms with Crippen molar-refractivity contribution < 1.29 is 14.6 Å². The van der Waals surface area contributed by atoms with E-state index in [1.807, 2.05) is 0 Å². The zero-order valence-corrected chi connectivity index (χ0v) is 14.9. The highest BCUT2D eigenvalue weighted by Crippen LogP contribution is 2.13. The summed E-state index contributed by atoms with van der Waals surface area (Å²) in [5.41, 5.74) is 0. The summed E-state index contributed by atoms with van der Waals surface area (Å²) in [6, 6.07) is 0. The van der Waals surface area contributed by atoms with E-state index in [1.54, 1.807) is 6.92 Å². The van der Waals surface area contributed by atoms with Crippen molar-refractivity contribution in [3.05, 3.63) is 0 Å². The van der Waals surface area contributed by atoms with Gasteiger partial charge in [0.1, 0.15) is 6.10 Å². The minimum Gasteiger partial charge on any atom is -0.460 e. The fraction of sp³-hybridized carbons (Fsp3) is 0.947. The van der Waals surface area contributed by atoms with Crippen LogP contribution in [0.25, 0.3) is 0 Å². The van der Waals surface area contributed by atoms with Gasteiger partial charge in [0.2, 0.25) is 0 Å². The van der Waals surface area contributed by atoms with Gasteiger partial charge in [-0.25, -0.2) is 0 Å². The lowest BCUT2D eigenvalue weighted by molar-refractivity contribution is -0.150. The molecule has 0 amide bonds. The van der Waals surface area contributed by atoms with Gasteiger partial charge in [-0.05, 0) is 13.3 Å². The summed E-state index contributed by atoms with van der Waals surface area (Å²) in [6.45, 7) is 3.88. The van der Waals surface area contributed by atoms with Gasteiger partial charge in [-0.2, -0.15) is 0 Å². The molecule has 0 aliphatic rings.